The summed E-state index contributed by atoms with van der Waals surface area (Å²) in [5.41, 5.74) is 1.06. The molecule has 0 aliphatic rings. The van der Waals surface area contributed by atoms with Crippen LogP contribution in [-0.2, 0) is 4.79 Å². The first-order chi connectivity index (χ1) is 8.50. The number of hydrogen-bond acceptors (Lipinski definition) is 3. The van der Waals surface area contributed by atoms with Gasteiger partial charge in [0.15, 0.2) is 5.78 Å². The first-order valence-electron chi connectivity index (χ1n) is 5.64. The topological polar surface area (TPSA) is 75.3 Å². The molecule has 2 N–H and O–H groups in total. The summed E-state index contributed by atoms with van der Waals surface area (Å²) in [6.07, 6.45) is 0. The first kappa shape index (κ1) is 13.9. The van der Waals surface area contributed by atoms with Gasteiger partial charge in [-0.3, -0.25) is 14.4 Å². The molecule has 1 rings (SSSR count). The molecule has 0 radical (unpaired) electrons. The standard InChI is InChI=1S/C13H16N2O3/c1-9(16)11-3-5-12(6-4-11)13(18)15-8-7-14-10(2)17/h3-6H,7-8H2,1-2H3,(H,14,17)(H,15,18). The average molecular weight is 248 g/mol. The van der Waals surface area contributed by atoms with Crippen LogP contribution < -0.4 is 10.6 Å². The zero-order valence-corrected chi connectivity index (χ0v) is 10.4. The molecule has 5 nitrogen and oxygen atoms in total. The molecule has 0 fully saturated rings. The summed E-state index contributed by atoms with van der Waals surface area (Å²) < 4.78 is 0. The van der Waals surface area contributed by atoms with Crippen LogP contribution >= 0.6 is 0 Å². The Morgan fingerprint density at radius 3 is 1.89 bits per heavy atom. The van der Waals surface area contributed by atoms with Crippen molar-refractivity contribution < 1.29 is 14.4 Å². The van der Waals surface area contributed by atoms with Crippen molar-refractivity contribution in [2.45, 2.75) is 13.8 Å². The van der Waals surface area contributed by atoms with Crippen LogP contribution in [0.5, 0.6) is 0 Å². The van der Waals surface area contributed by atoms with E-state index in [9.17, 15) is 14.4 Å². The number of rotatable bonds is 5. The van der Waals surface area contributed by atoms with Crippen molar-refractivity contribution >= 4 is 17.6 Å². The van der Waals surface area contributed by atoms with Crippen LogP contribution in [0.1, 0.15) is 34.6 Å². The number of nitrogens with one attached hydrogen (secondary N) is 2. The van der Waals surface area contributed by atoms with Gasteiger partial charge in [0.05, 0.1) is 0 Å². The lowest BCUT2D eigenvalue weighted by molar-refractivity contribution is -0.118. The predicted octanol–water partition coefficient (Wildman–Crippen LogP) is 0.755. The van der Waals surface area contributed by atoms with Crippen LogP contribution in [-0.4, -0.2) is 30.7 Å². The third-order valence-corrected chi connectivity index (χ3v) is 2.34. The molecule has 0 saturated heterocycles. The minimum absolute atomic E-state index is 0.0346. The van der Waals surface area contributed by atoms with E-state index in [-0.39, 0.29) is 17.6 Å². The number of benzene rings is 1. The second-order valence-electron chi connectivity index (χ2n) is 3.87. The third-order valence-electron chi connectivity index (χ3n) is 2.34. The Bertz CT molecular complexity index is 452. The predicted molar refractivity (Wildman–Crippen MR) is 67.5 cm³/mol. The SMILES string of the molecule is CC(=O)NCCNC(=O)c1ccc(C(C)=O)cc1. The quantitative estimate of drug-likeness (QED) is 0.596. The van der Waals surface area contributed by atoms with Gasteiger partial charge in [-0.15, -0.1) is 0 Å². The van der Waals surface area contributed by atoms with Crippen molar-refractivity contribution in [3.8, 4) is 0 Å². The zero-order chi connectivity index (χ0) is 13.5. The smallest absolute Gasteiger partial charge is 0.251 e. The number of carbonyl (C=O) groups is 3. The summed E-state index contributed by atoms with van der Waals surface area (Å²) >= 11 is 0. The summed E-state index contributed by atoms with van der Waals surface area (Å²) in [4.78, 5) is 33.3. The van der Waals surface area contributed by atoms with Gasteiger partial charge < -0.3 is 10.6 Å². The summed E-state index contributed by atoms with van der Waals surface area (Å²) in [6.45, 7) is 3.66. The lowest BCUT2D eigenvalue weighted by atomic mass is 10.1. The molecule has 1 aromatic rings. The van der Waals surface area contributed by atoms with E-state index in [0.717, 1.165) is 0 Å². The molecule has 1 aromatic carbocycles. The van der Waals surface area contributed by atoms with Gasteiger partial charge in [-0.1, -0.05) is 12.1 Å². The molecule has 0 bridgehead atoms. The largest absolute Gasteiger partial charge is 0.355 e. The van der Waals surface area contributed by atoms with Gasteiger partial charge in [0, 0.05) is 31.1 Å². The first-order valence-corrected chi connectivity index (χ1v) is 5.64. The van der Waals surface area contributed by atoms with E-state index < -0.39 is 0 Å². The Kier molecular flexibility index (Phi) is 5.05. The molecule has 0 atom stereocenters. The summed E-state index contributed by atoms with van der Waals surface area (Å²) in [5, 5.41) is 5.24. The van der Waals surface area contributed by atoms with Gasteiger partial charge in [0.25, 0.3) is 5.91 Å². The molecule has 0 aliphatic heterocycles. The lowest BCUT2D eigenvalue weighted by Gasteiger charge is -2.06. The molecular formula is C13H16N2O3. The van der Waals surface area contributed by atoms with Crippen LogP contribution in [0, 0.1) is 0 Å². The fourth-order valence-electron chi connectivity index (χ4n) is 1.37. The molecule has 0 heterocycles. The molecule has 0 aliphatic carbocycles. The summed E-state index contributed by atoms with van der Waals surface area (Å²) in [6, 6.07) is 6.44. The molecule has 0 spiro atoms. The van der Waals surface area contributed by atoms with Gasteiger partial charge in [-0.05, 0) is 19.1 Å². The maximum absolute atomic E-state index is 11.7. The minimum atomic E-state index is -0.226. The highest BCUT2D eigenvalue weighted by molar-refractivity contribution is 5.97. The molecule has 5 heteroatoms. The van der Waals surface area contributed by atoms with Crippen molar-refractivity contribution in [1.29, 1.82) is 0 Å². The van der Waals surface area contributed by atoms with E-state index in [1.54, 1.807) is 24.3 Å². The van der Waals surface area contributed by atoms with Crippen molar-refractivity contribution in [2.75, 3.05) is 13.1 Å². The summed E-state index contributed by atoms with van der Waals surface area (Å²) in [5.74, 6) is -0.391. The Morgan fingerprint density at radius 2 is 1.39 bits per heavy atom. The summed E-state index contributed by atoms with van der Waals surface area (Å²) in [7, 11) is 0. The normalized spacial score (nSPS) is 9.67. The van der Waals surface area contributed by atoms with Crippen LogP contribution in [0.2, 0.25) is 0 Å². The molecular weight excluding hydrogens is 232 g/mol. The van der Waals surface area contributed by atoms with E-state index in [1.165, 1.54) is 13.8 Å². The maximum atomic E-state index is 11.7. The van der Waals surface area contributed by atoms with Crippen LogP contribution in [0.25, 0.3) is 0 Å². The second kappa shape index (κ2) is 6.54. The Hall–Kier alpha value is -2.17. The molecule has 0 unspecified atom stereocenters. The number of ketones is 1. The van der Waals surface area contributed by atoms with Gasteiger partial charge in [-0.25, -0.2) is 0 Å². The van der Waals surface area contributed by atoms with Gasteiger partial charge in [0.2, 0.25) is 5.91 Å². The zero-order valence-electron chi connectivity index (χ0n) is 10.4. The molecule has 2 amide bonds. The van der Waals surface area contributed by atoms with E-state index in [0.29, 0.717) is 24.2 Å². The second-order valence-corrected chi connectivity index (χ2v) is 3.87. The molecule has 0 saturated carbocycles. The van der Waals surface area contributed by atoms with E-state index in [2.05, 4.69) is 10.6 Å². The Balaban J connectivity index is 2.46. The number of Topliss-reactive ketones (excluding diaryl/α,β-unsaturated/α-hetero) is 1. The molecule has 0 aromatic heterocycles. The number of amides is 2. The van der Waals surface area contributed by atoms with E-state index in [4.69, 9.17) is 0 Å². The van der Waals surface area contributed by atoms with Crippen LogP contribution in [0.3, 0.4) is 0 Å². The lowest BCUT2D eigenvalue weighted by Crippen LogP contribution is -2.33. The van der Waals surface area contributed by atoms with Gasteiger partial charge in [0.1, 0.15) is 0 Å². The fourth-order valence-corrected chi connectivity index (χ4v) is 1.37. The van der Waals surface area contributed by atoms with Crippen molar-refractivity contribution in [1.82, 2.24) is 10.6 Å². The van der Waals surface area contributed by atoms with E-state index in [1.807, 2.05) is 0 Å². The maximum Gasteiger partial charge on any atom is 0.251 e. The third kappa shape index (κ3) is 4.37. The highest BCUT2D eigenvalue weighted by atomic mass is 16.2. The molecule has 18 heavy (non-hydrogen) atoms. The average Bonchev–Trinajstić information content (AvgIpc) is 2.34. The highest BCUT2D eigenvalue weighted by Gasteiger charge is 2.05. The van der Waals surface area contributed by atoms with E-state index >= 15 is 0 Å². The van der Waals surface area contributed by atoms with Gasteiger partial charge >= 0.3 is 0 Å². The monoisotopic (exact) mass is 248 g/mol. The highest BCUT2D eigenvalue weighted by Crippen LogP contribution is 2.04. The number of carbonyl (C=O) groups excluding carboxylic acids is 3. The Labute approximate surface area is 106 Å². The Morgan fingerprint density at radius 1 is 0.889 bits per heavy atom. The fraction of sp³-hybridized carbons (Fsp3) is 0.308. The van der Waals surface area contributed by atoms with Crippen molar-refractivity contribution in [2.24, 2.45) is 0 Å². The van der Waals surface area contributed by atoms with Gasteiger partial charge in [-0.2, -0.15) is 0 Å². The number of hydrogen-bond donors (Lipinski definition) is 2. The van der Waals surface area contributed by atoms with Crippen molar-refractivity contribution in [3.05, 3.63) is 35.4 Å². The van der Waals surface area contributed by atoms with Crippen LogP contribution in [0.4, 0.5) is 0 Å². The van der Waals surface area contributed by atoms with Crippen LogP contribution in [0.15, 0.2) is 24.3 Å². The minimum Gasteiger partial charge on any atom is -0.355 e. The molecule has 96 valence electrons. The van der Waals surface area contributed by atoms with Crippen molar-refractivity contribution in [3.63, 3.8) is 0 Å².